The first kappa shape index (κ1) is 17.7. The first-order valence-electron chi connectivity index (χ1n) is 7.58. The second-order valence-corrected chi connectivity index (χ2v) is 6.40. The summed E-state index contributed by atoms with van der Waals surface area (Å²) < 4.78 is 10.6. The van der Waals surface area contributed by atoms with Gasteiger partial charge in [0.1, 0.15) is 0 Å². The van der Waals surface area contributed by atoms with Crippen molar-refractivity contribution in [1.82, 2.24) is 9.71 Å². The van der Waals surface area contributed by atoms with Gasteiger partial charge in [0, 0.05) is 11.0 Å². The smallest absolute Gasteiger partial charge is 0.362 e. The van der Waals surface area contributed by atoms with Crippen LogP contribution in [0.3, 0.4) is 0 Å². The predicted molar refractivity (Wildman–Crippen MR) is 97.6 cm³/mol. The third-order valence-corrected chi connectivity index (χ3v) is 4.63. The Hall–Kier alpha value is -3.13. The van der Waals surface area contributed by atoms with Gasteiger partial charge in [-0.1, -0.05) is 34.7 Å². The van der Waals surface area contributed by atoms with E-state index < -0.39 is 11.2 Å². The van der Waals surface area contributed by atoms with Crippen LogP contribution in [-0.4, -0.2) is 29.1 Å². The maximum absolute atomic E-state index is 11.5. The molecular formula is C18H16N2O5S. The number of nitrogens with one attached hydrogen (secondary N) is 1. The molecule has 0 aliphatic carbocycles. The lowest BCUT2D eigenvalue weighted by molar-refractivity contribution is 0.159. The summed E-state index contributed by atoms with van der Waals surface area (Å²) >= 11 is 1.22. The topological polar surface area (TPSA) is 93.5 Å². The number of methoxy groups -OCH3 is 2. The van der Waals surface area contributed by atoms with E-state index in [1.807, 2.05) is 42.5 Å². The van der Waals surface area contributed by atoms with E-state index in [0.717, 1.165) is 22.1 Å². The van der Waals surface area contributed by atoms with E-state index in [9.17, 15) is 14.8 Å². The molecule has 0 amide bonds. The van der Waals surface area contributed by atoms with Crippen molar-refractivity contribution in [1.29, 1.82) is 0 Å². The minimum absolute atomic E-state index is 0.0320. The molecule has 3 aromatic rings. The minimum atomic E-state index is -0.873. The van der Waals surface area contributed by atoms with E-state index in [2.05, 4.69) is 4.98 Å². The molecule has 1 heterocycles. The maximum Gasteiger partial charge on any atom is 0.362 e. The first-order valence-corrected chi connectivity index (χ1v) is 8.39. The van der Waals surface area contributed by atoms with Crippen molar-refractivity contribution in [3.8, 4) is 22.6 Å². The summed E-state index contributed by atoms with van der Waals surface area (Å²) in [5, 5.41) is 9.52. The first-order chi connectivity index (χ1) is 12.5. The van der Waals surface area contributed by atoms with E-state index >= 15 is 0 Å². The molecule has 2 N–H and O–H groups in total. The molecule has 3 rings (SSSR count). The Balaban J connectivity index is 1.85. The van der Waals surface area contributed by atoms with Gasteiger partial charge in [-0.25, -0.2) is 4.79 Å². The van der Waals surface area contributed by atoms with Gasteiger partial charge in [-0.2, -0.15) is 0 Å². The predicted octanol–water partition coefficient (Wildman–Crippen LogP) is 2.61. The number of H-pyrrole nitrogens is 1. The number of hydrogen-bond acceptors (Lipinski definition) is 6. The zero-order valence-corrected chi connectivity index (χ0v) is 14.9. The second-order valence-electron chi connectivity index (χ2n) is 5.28. The highest BCUT2D eigenvalue weighted by molar-refractivity contribution is 7.99. The van der Waals surface area contributed by atoms with Gasteiger partial charge >= 0.3 is 5.69 Å². The average Bonchev–Trinajstić information content (AvgIpc) is 2.66. The lowest BCUT2D eigenvalue weighted by Crippen LogP contribution is -2.32. The molecule has 0 atom stereocenters. The van der Waals surface area contributed by atoms with Crippen LogP contribution in [0.15, 0.2) is 68.0 Å². The molecular weight excluding hydrogens is 356 g/mol. The average molecular weight is 372 g/mol. The van der Waals surface area contributed by atoms with Crippen molar-refractivity contribution in [3.05, 3.63) is 69.4 Å². The maximum atomic E-state index is 11.5. The number of benzene rings is 2. The number of aromatic nitrogens is 2. The third kappa shape index (κ3) is 3.60. The van der Waals surface area contributed by atoms with Gasteiger partial charge in [0.2, 0.25) is 0 Å². The SMILES string of the molecule is COc1ccc(-c2ccc(Sc3cc(=O)n(O)c(=O)[nH]3)cc2)cc1OC. The highest BCUT2D eigenvalue weighted by atomic mass is 32.2. The quantitative estimate of drug-likeness (QED) is 0.528. The molecule has 0 radical (unpaired) electrons. The van der Waals surface area contributed by atoms with Crippen LogP contribution < -0.4 is 20.7 Å². The van der Waals surface area contributed by atoms with Crippen molar-refractivity contribution in [2.24, 2.45) is 0 Å². The van der Waals surface area contributed by atoms with E-state index in [1.165, 1.54) is 11.8 Å². The second kappa shape index (κ2) is 7.40. The molecule has 7 nitrogen and oxygen atoms in total. The zero-order chi connectivity index (χ0) is 18.7. The van der Waals surface area contributed by atoms with E-state index in [1.54, 1.807) is 14.2 Å². The van der Waals surface area contributed by atoms with Gasteiger partial charge in [-0.3, -0.25) is 9.78 Å². The molecule has 0 unspecified atom stereocenters. The molecule has 1 aromatic heterocycles. The molecule has 0 aliphatic heterocycles. The monoisotopic (exact) mass is 372 g/mol. The van der Waals surface area contributed by atoms with Crippen LogP contribution in [0.1, 0.15) is 0 Å². The van der Waals surface area contributed by atoms with Gasteiger partial charge in [-0.05, 0) is 35.4 Å². The van der Waals surface area contributed by atoms with Crippen molar-refractivity contribution < 1.29 is 14.7 Å². The lowest BCUT2D eigenvalue weighted by atomic mass is 10.1. The Morgan fingerprint density at radius 2 is 1.58 bits per heavy atom. The Labute approximate surface area is 152 Å². The molecule has 134 valence electrons. The largest absolute Gasteiger partial charge is 0.493 e. The molecule has 0 spiro atoms. The molecule has 26 heavy (non-hydrogen) atoms. The van der Waals surface area contributed by atoms with E-state index in [4.69, 9.17) is 9.47 Å². The van der Waals surface area contributed by atoms with Crippen LogP contribution in [0.4, 0.5) is 0 Å². The van der Waals surface area contributed by atoms with Crippen LogP contribution in [0.5, 0.6) is 11.5 Å². The van der Waals surface area contributed by atoms with Crippen LogP contribution >= 0.6 is 11.8 Å². The molecule has 0 saturated carbocycles. The van der Waals surface area contributed by atoms with Gasteiger partial charge in [0.25, 0.3) is 5.56 Å². The fraction of sp³-hybridized carbons (Fsp3) is 0.111. The normalized spacial score (nSPS) is 10.5. The van der Waals surface area contributed by atoms with Crippen LogP contribution in [0, 0.1) is 0 Å². The summed E-state index contributed by atoms with van der Waals surface area (Å²) in [6.45, 7) is 0. The number of aromatic amines is 1. The minimum Gasteiger partial charge on any atom is -0.493 e. The fourth-order valence-electron chi connectivity index (χ4n) is 2.38. The van der Waals surface area contributed by atoms with Crippen LogP contribution in [-0.2, 0) is 0 Å². The van der Waals surface area contributed by atoms with E-state index in [-0.39, 0.29) is 4.73 Å². The molecule has 2 aromatic carbocycles. The zero-order valence-electron chi connectivity index (χ0n) is 14.1. The Morgan fingerprint density at radius 1 is 0.923 bits per heavy atom. The highest BCUT2D eigenvalue weighted by Crippen LogP contribution is 2.33. The van der Waals surface area contributed by atoms with Gasteiger partial charge in [-0.15, -0.1) is 0 Å². The van der Waals surface area contributed by atoms with Crippen molar-refractivity contribution in [2.45, 2.75) is 9.92 Å². The molecule has 0 saturated heterocycles. The lowest BCUT2D eigenvalue weighted by Gasteiger charge is -2.10. The number of nitrogens with zero attached hydrogens (tertiary/aromatic N) is 1. The summed E-state index contributed by atoms with van der Waals surface area (Å²) in [6.07, 6.45) is 0. The van der Waals surface area contributed by atoms with Gasteiger partial charge in [0.15, 0.2) is 11.5 Å². The van der Waals surface area contributed by atoms with Crippen LogP contribution in [0.25, 0.3) is 11.1 Å². The Kier molecular flexibility index (Phi) is 5.04. The number of rotatable bonds is 5. The summed E-state index contributed by atoms with van der Waals surface area (Å²) in [6, 6.07) is 14.4. The summed E-state index contributed by atoms with van der Waals surface area (Å²) in [5.41, 5.74) is 0.296. The standard InChI is InChI=1S/C18H16N2O5S/c1-24-14-8-5-12(9-15(14)25-2)11-3-6-13(7-4-11)26-16-10-17(21)20(23)18(22)19-16/h3-10,23H,1-2H3,(H,19,22). The molecule has 0 aliphatic rings. The van der Waals surface area contributed by atoms with Crippen molar-refractivity contribution in [3.63, 3.8) is 0 Å². The van der Waals surface area contributed by atoms with Gasteiger partial charge < -0.3 is 14.7 Å². The highest BCUT2D eigenvalue weighted by Gasteiger charge is 2.08. The molecule has 0 fully saturated rings. The fourth-order valence-corrected chi connectivity index (χ4v) is 3.21. The number of hydrogen-bond donors (Lipinski definition) is 2. The Morgan fingerprint density at radius 3 is 2.19 bits per heavy atom. The number of ether oxygens (including phenoxy) is 2. The third-order valence-electron chi connectivity index (χ3n) is 3.68. The van der Waals surface area contributed by atoms with Crippen molar-refractivity contribution >= 4 is 11.8 Å². The summed E-state index contributed by atoms with van der Waals surface area (Å²) in [7, 11) is 3.17. The van der Waals surface area contributed by atoms with Gasteiger partial charge in [0.05, 0.1) is 19.2 Å². The van der Waals surface area contributed by atoms with Crippen molar-refractivity contribution in [2.75, 3.05) is 14.2 Å². The molecule has 0 bridgehead atoms. The van der Waals surface area contributed by atoms with E-state index in [0.29, 0.717) is 16.5 Å². The Bertz CT molecular complexity index is 1010. The summed E-state index contributed by atoms with van der Waals surface area (Å²) in [5.74, 6) is 1.30. The molecule has 8 heteroatoms. The summed E-state index contributed by atoms with van der Waals surface area (Å²) in [4.78, 5) is 26.1. The van der Waals surface area contributed by atoms with Crippen LogP contribution in [0.2, 0.25) is 0 Å².